The lowest BCUT2D eigenvalue weighted by atomic mass is 10.0. The van der Waals surface area contributed by atoms with Crippen LogP contribution in [0, 0.1) is 0 Å². The van der Waals surface area contributed by atoms with Gasteiger partial charge in [-0.3, -0.25) is 0 Å². The van der Waals surface area contributed by atoms with Gasteiger partial charge in [-0.05, 0) is 35.9 Å². The first-order valence-electron chi connectivity index (χ1n) is 6.03. The molecule has 0 bridgehead atoms. The monoisotopic (exact) mass is 338 g/mol. The summed E-state index contributed by atoms with van der Waals surface area (Å²) in [5.41, 5.74) is 8.23. The van der Waals surface area contributed by atoms with Crippen LogP contribution in [0.25, 0.3) is 22.5 Å². The predicted octanol–water partition coefficient (Wildman–Crippen LogP) is 5.55. The van der Waals surface area contributed by atoms with E-state index in [9.17, 15) is 0 Å². The molecular weight excluding hydrogens is 331 g/mol. The van der Waals surface area contributed by atoms with Crippen LogP contribution in [0.1, 0.15) is 0 Å². The Morgan fingerprint density at radius 3 is 2.19 bits per heavy atom. The highest BCUT2D eigenvalue weighted by atomic mass is 35.5. The number of hydrogen-bond acceptors (Lipinski definition) is 3. The zero-order valence-electron chi connectivity index (χ0n) is 10.6. The van der Waals surface area contributed by atoms with Crippen molar-refractivity contribution in [2.45, 2.75) is 0 Å². The number of benzene rings is 2. The molecule has 3 rings (SSSR count). The molecule has 0 spiro atoms. The van der Waals surface area contributed by atoms with Crippen LogP contribution in [-0.2, 0) is 0 Å². The highest BCUT2D eigenvalue weighted by molar-refractivity contribution is 6.42. The van der Waals surface area contributed by atoms with Gasteiger partial charge in [0.2, 0.25) is 0 Å². The number of nitrogens with zero attached hydrogens (tertiary/aromatic N) is 1. The lowest BCUT2D eigenvalue weighted by Crippen LogP contribution is -1.88. The Morgan fingerprint density at radius 1 is 0.857 bits per heavy atom. The van der Waals surface area contributed by atoms with Gasteiger partial charge >= 0.3 is 0 Å². The van der Waals surface area contributed by atoms with Crippen LogP contribution in [0.4, 0.5) is 5.82 Å². The van der Waals surface area contributed by atoms with E-state index in [0.717, 1.165) is 11.1 Å². The Labute approximate surface area is 136 Å². The Morgan fingerprint density at radius 2 is 1.52 bits per heavy atom. The van der Waals surface area contributed by atoms with Crippen molar-refractivity contribution in [1.82, 2.24) is 5.16 Å². The van der Waals surface area contributed by atoms with E-state index in [4.69, 9.17) is 45.1 Å². The van der Waals surface area contributed by atoms with Crippen LogP contribution in [-0.4, -0.2) is 5.16 Å². The van der Waals surface area contributed by atoms with Gasteiger partial charge in [-0.25, -0.2) is 0 Å². The Hall–Kier alpha value is -1.68. The number of nitrogen functional groups attached to an aromatic ring is 1. The second-order valence-electron chi connectivity index (χ2n) is 4.41. The van der Waals surface area contributed by atoms with Crippen LogP contribution < -0.4 is 5.73 Å². The molecule has 0 radical (unpaired) electrons. The molecule has 0 unspecified atom stereocenters. The first-order valence-corrected chi connectivity index (χ1v) is 7.16. The van der Waals surface area contributed by atoms with E-state index in [1.807, 2.05) is 12.1 Å². The summed E-state index contributed by atoms with van der Waals surface area (Å²) in [5, 5.41) is 5.39. The quantitative estimate of drug-likeness (QED) is 0.666. The molecule has 1 heterocycles. The molecule has 6 heteroatoms. The van der Waals surface area contributed by atoms with E-state index in [2.05, 4.69) is 5.16 Å². The van der Waals surface area contributed by atoms with E-state index in [0.29, 0.717) is 32.2 Å². The lowest BCUT2D eigenvalue weighted by Gasteiger charge is -2.04. The number of anilines is 1. The maximum absolute atomic E-state index is 6.05. The van der Waals surface area contributed by atoms with E-state index in [1.54, 1.807) is 30.3 Å². The molecule has 0 aliphatic rings. The maximum atomic E-state index is 6.05. The first-order chi connectivity index (χ1) is 10.1. The third-order valence-electron chi connectivity index (χ3n) is 3.03. The third-order valence-corrected chi connectivity index (χ3v) is 4.02. The zero-order chi connectivity index (χ0) is 15.0. The maximum Gasteiger partial charge on any atom is 0.176 e. The molecule has 21 heavy (non-hydrogen) atoms. The van der Waals surface area contributed by atoms with Gasteiger partial charge in [-0.15, -0.1) is 0 Å². The van der Waals surface area contributed by atoms with E-state index in [-0.39, 0.29) is 0 Å². The molecule has 0 saturated carbocycles. The molecule has 1 aromatic heterocycles. The Kier molecular flexibility index (Phi) is 3.81. The second-order valence-corrected chi connectivity index (χ2v) is 5.66. The summed E-state index contributed by atoms with van der Waals surface area (Å²) in [6.07, 6.45) is 0. The summed E-state index contributed by atoms with van der Waals surface area (Å²) in [4.78, 5) is 0. The van der Waals surface area contributed by atoms with Crippen molar-refractivity contribution in [3.8, 4) is 22.5 Å². The SMILES string of the molecule is Nc1noc(-c2ccc(Cl)c(Cl)c2)c1-c1ccc(Cl)cc1. The topological polar surface area (TPSA) is 52.0 Å². The smallest absolute Gasteiger partial charge is 0.176 e. The molecule has 0 amide bonds. The minimum absolute atomic E-state index is 0.304. The van der Waals surface area contributed by atoms with Crippen molar-refractivity contribution in [2.24, 2.45) is 0 Å². The van der Waals surface area contributed by atoms with Gasteiger partial charge in [0.1, 0.15) is 0 Å². The van der Waals surface area contributed by atoms with Gasteiger partial charge in [0.25, 0.3) is 0 Å². The molecule has 2 aromatic carbocycles. The van der Waals surface area contributed by atoms with Crippen molar-refractivity contribution in [3.05, 3.63) is 57.5 Å². The largest absolute Gasteiger partial charge is 0.380 e. The summed E-state index contributed by atoms with van der Waals surface area (Å²) in [7, 11) is 0. The van der Waals surface area contributed by atoms with Gasteiger partial charge in [0.05, 0.1) is 15.6 Å². The van der Waals surface area contributed by atoms with Crippen molar-refractivity contribution in [2.75, 3.05) is 5.73 Å². The molecule has 0 fully saturated rings. The zero-order valence-corrected chi connectivity index (χ0v) is 12.9. The second kappa shape index (κ2) is 5.60. The molecule has 2 N–H and O–H groups in total. The summed E-state index contributed by atoms with van der Waals surface area (Å²) in [5.74, 6) is 0.840. The number of halogens is 3. The fourth-order valence-corrected chi connectivity index (χ4v) is 2.46. The lowest BCUT2D eigenvalue weighted by molar-refractivity contribution is 0.436. The standard InChI is InChI=1S/C15H9Cl3N2O/c16-10-4-1-8(2-5-10)13-14(21-20-15(13)19)9-3-6-11(17)12(18)7-9/h1-7H,(H2,19,20). The minimum Gasteiger partial charge on any atom is -0.380 e. The summed E-state index contributed by atoms with van der Waals surface area (Å²) in [6, 6.07) is 12.5. The number of rotatable bonds is 2. The number of hydrogen-bond donors (Lipinski definition) is 1. The first kappa shape index (κ1) is 14.3. The Bertz CT molecular complexity index is 797. The van der Waals surface area contributed by atoms with E-state index < -0.39 is 0 Å². The average Bonchev–Trinajstić information content (AvgIpc) is 2.85. The van der Waals surface area contributed by atoms with E-state index >= 15 is 0 Å². The van der Waals surface area contributed by atoms with Gasteiger partial charge in [-0.2, -0.15) is 0 Å². The highest BCUT2D eigenvalue weighted by Gasteiger charge is 2.18. The van der Waals surface area contributed by atoms with Crippen LogP contribution >= 0.6 is 34.8 Å². The molecule has 0 saturated heterocycles. The van der Waals surface area contributed by atoms with Crippen LogP contribution in [0.15, 0.2) is 47.0 Å². The van der Waals surface area contributed by atoms with Gasteiger partial charge < -0.3 is 10.3 Å². The molecule has 106 valence electrons. The van der Waals surface area contributed by atoms with Gasteiger partial charge in [-0.1, -0.05) is 52.1 Å². The van der Waals surface area contributed by atoms with Crippen LogP contribution in [0.5, 0.6) is 0 Å². The number of aromatic nitrogens is 1. The van der Waals surface area contributed by atoms with Crippen LogP contribution in [0.2, 0.25) is 15.1 Å². The average molecular weight is 340 g/mol. The summed E-state index contributed by atoms with van der Waals surface area (Å²) < 4.78 is 5.35. The third kappa shape index (κ3) is 2.72. The molecular formula is C15H9Cl3N2O. The summed E-state index contributed by atoms with van der Waals surface area (Å²) in [6.45, 7) is 0. The van der Waals surface area contributed by atoms with Crippen molar-refractivity contribution < 1.29 is 4.52 Å². The summed E-state index contributed by atoms with van der Waals surface area (Å²) >= 11 is 17.9. The van der Waals surface area contributed by atoms with E-state index in [1.165, 1.54) is 0 Å². The fourth-order valence-electron chi connectivity index (χ4n) is 2.03. The molecule has 3 aromatic rings. The minimum atomic E-state index is 0.304. The molecule has 0 aliphatic carbocycles. The molecule has 0 atom stereocenters. The van der Waals surface area contributed by atoms with Gasteiger partial charge in [0.15, 0.2) is 11.6 Å². The van der Waals surface area contributed by atoms with Crippen molar-refractivity contribution in [3.63, 3.8) is 0 Å². The Balaban J connectivity index is 2.16. The number of nitrogens with two attached hydrogens (primary N) is 1. The van der Waals surface area contributed by atoms with Crippen molar-refractivity contribution >= 4 is 40.6 Å². The van der Waals surface area contributed by atoms with Crippen LogP contribution in [0.3, 0.4) is 0 Å². The molecule has 3 nitrogen and oxygen atoms in total. The van der Waals surface area contributed by atoms with Crippen molar-refractivity contribution in [1.29, 1.82) is 0 Å². The normalized spacial score (nSPS) is 10.8. The van der Waals surface area contributed by atoms with Gasteiger partial charge in [0, 0.05) is 10.6 Å². The highest BCUT2D eigenvalue weighted by Crippen LogP contribution is 2.38. The molecule has 0 aliphatic heterocycles. The fraction of sp³-hybridized carbons (Fsp3) is 0. The predicted molar refractivity (Wildman–Crippen MR) is 86.8 cm³/mol.